The molecule has 3 aliphatic rings. The van der Waals surface area contributed by atoms with E-state index in [1.165, 1.54) is 31.4 Å². The Morgan fingerprint density at radius 3 is 2.67 bits per heavy atom. The molecular formula is C33H44F2N4O6S. The van der Waals surface area contributed by atoms with Gasteiger partial charge in [-0.25, -0.2) is 22.0 Å². The number of methoxy groups -OCH3 is 1. The van der Waals surface area contributed by atoms with E-state index in [1.54, 1.807) is 22.5 Å². The third kappa shape index (κ3) is 8.04. The SMILES string of the molecule is CCC1CC(C(c2ccc(F)cc2)C(NC(=O)OC)C(=O)Nc2cccc(F)c2CCC2CNC3CCCS(=O)(=O)N2C3)CCO1. The molecule has 0 spiro atoms. The number of hydrogen-bond donors (Lipinski definition) is 3. The van der Waals surface area contributed by atoms with Crippen molar-refractivity contribution in [2.45, 2.75) is 82.0 Å². The van der Waals surface area contributed by atoms with E-state index in [0.717, 1.165) is 12.8 Å². The maximum atomic E-state index is 15.4. The Hall–Kier alpha value is -3.13. The van der Waals surface area contributed by atoms with E-state index in [4.69, 9.17) is 9.47 Å². The van der Waals surface area contributed by atoms with Crippen molar-refractivity contribution in [2.24, 2.45) is 5.92 Å². The lowest BCUT2D eigenvalue weighted by Gasteiger charge is -2.38. The van der Waals surface area contributed by atoms with Crippen molar-refractivity contribution in [1.29, 1.82) is 0 Å². The molecule has 252 valence electrons. The number of alkyl carbamates (subject to hydrolysis) is 1. The van der Waals surface area contributed by atoms with E-state index >= 15 is 4.39 Å². The van der Waals surface area contributed by atoms with Crippen LogP contribution in [0, 0.1) is 17.6 Å². The molecule has 3 heterocycles. The van der Waals surface area contributed by atoms with Crippen LogP contribution in [0.2, 0.25) is 0 Å². The molecule has 5 rings (SSSR count). The number of nitrogens with one attached hydrogen (secondary N) is 3. The van der Waals surface area contributed by atoms with Gasteiger partial charge >= 0.3 is 6.09 Å². The van der Waals surface area contributed by atoms with Crippen molar-refractivity contribution in [1.82, 2.24) is 14.9 Å². The lowest BCUT2D eigenvalue weighted by atomic mass is 9.74. The highest BCUT2D eigenvalue weighted by molar-refractivity contribution is 7.89. The number of fused-ring (bicyclic) bond motifs is 2. The lowest BCUT2D eigenvalue weighted by Crippen LogP contribution is -2.57. The van der Waals surface area contributed by atoms with Gasteiger partial charge in [-0.1, -0.05) is 25.1 Å². The smallest absolute Gasteiger partial charge is 0.407 e. The second kappa shape index (κ2) is 15.2. The fraction of sp³-hybridized carbons (Fsp3) is 0.576. The van der Waals surface area contributed by atoms with Crippen molar-refractivity contribution in [3.05, 3.63) is 65.2 Å². The zero-order chi connectivity index (χ0) is 32.8. The van der Waals surface area contributed by atoms with Crippen LogP contribution < -0.4 is 16.0 Å². The molecule has 3 saturated heterocycles. The molecule has 46 heavy (non-hydrogen) atoms. The average Bonchev–Trinajstić information content (AvgIpc) is 3.16. The molecule has 7 unspecified atom stereocenters. The first kappa shape index (κ1) is 34.2. The quantitative estimate of drug-likeness (QED) is 0.346. The summed E-state index contributed by atoms with van der Waals surface area (Å²) in [4.78, 5) is 26.8. The highest BCUT2D eigenvalue weighted by Crippen LogP contribution is 2.38. The molecule has 10 nitrogen and oxygen atoms in total. The fourth-order valence-electron chi connectivity index (χ4n) is 7.14. The molecule has 2 bridgehead atoms. The van der Waals surface area contributed by atoms with Gasteiger partial charge in [0.05, 0.1) is 19.0 Å². The van der Waals surface area contributed by atoms with Crippen molar-refractivity contribution in [3.63, 3.8) is 0 Å². The Balaban J connectivity index is 1.42. The van der Waals surface area contributed by atoms with Crippen LogP contribution in [-0.2, 0) is 30.7 Å². The molecule has 3 aliphatic heterocycles. The third-order valence-corrected chi connectivity index (χ3v) is 11.6. The molecule has 2 aromatic carbocycles. The Kier molecular flexibility index (Phi) is 11.3. The minimum absolute atomic E-state index is 0.0315. The van der Waals surface area contributed by atoms with E-state index in [-0.39, 0.29) is 47.5 Å². The Bertz CT molecular complexity index is 1480. The number of nitrogens with zero attached hydrogens (tertiary/aromatic N) is 1. The van der Waals surface area contributed by atoms with Gasteiger partial charge < -0.3 is 25.4 Å². The van der Waals surface area contributed by atoms with Crippen LogP contribution in [-0.4, -0.2) is 81.5 Å². The first-order valence-corrected chi connectivity index (χ1v) is 17.7. The van der Waals surface area contributed by atoms with Crippen LogP contribution in [0.25, 0.3) is 0 Å². The summed E-state index contributed by atoms with van der Waals surface area (Å²) < 4.78 is 67.6. The molecule has 7 atom stereocenters. The molecule has 2 amide bonds. The fourth-order valence-corrected chi connectivity index (χ4v) is 8.95. The summed E-state index contributed by atoms with van der Waals surface area (Å²) in [6.45, 7) is 3.36. The standard InChI is InChI=1S/C33H44F2N4O6S/c1-3-26-18-22(15-16-45-26)30(21-9-11-23(34)12-10-21)31(38-33(41)44-2)32(40)37-29-8-4-7-28(35)27(29)14-13-25-19-36-24-6-5-17-46(42,43)39(25)20-24/h4,7-12,22,24-26,30-31,36H,3,5-6,13-20H2,1-2H3,(H,37,40)(H,38,41). The van der Waals surface area contributed by atoms with E-state index in [0.29, 0.717) is 50.9 Å². The van der Waals surface area contributed by atoms with Crippen LogP contribution in [0.3, 0.4) is 0 Å². The average molecular weight is 663 g/mol. The van der Waals surface area contributed by atoms with Crippen LogP contribution >= 0.6 is 0 Å². The van der Waals surface area contributed by atoms with Crippen LogP contribution in [0.15, 0.2) is 42.5 Å². The molecule has 3 fully saturated rings. The Labute approximate surface area is 269 Å². The number of carbonyl (C=O) groups is 2. The number of rotatable bonds is 10. The van der Waals surface area contributed by atoms with Crippen molar-refractivity contribution in [3.8, 4) is 0 Å². The van der Waals surface area contributed by atoms with Gasteiger partial charge in [-0.2, -0.15) is 4.31 Å². The van der Waals surface area contributed by atoms with E-state index in [2.05, 4.69) is 16.0 Å². The molecule has 2 aromatic rings. The van der Waals surface area contributed by atoms with Gasteiger partial charge in [0.1, 0.15) is 17.7 Å². The van der Waals surface area contributed by atoms with E-state index in [9.17, 15) is 22.4 Å². The summed E-state index contributed by atoms with van der Waals surface area (Å²) >= 11 is 0. The summed E-state index contributed by atoms with van der Waals surface area (Å²) in [7, 11) is -2.22. The summed E-state index contributed by atoms with van der Waals surface area (Å²) in [5, 5.41) is 9.00. The topological polar surface area (TPSA) is 126 Å². The summed E-state index contributed by atoms with van der Waals surface area (Å²) in [5.74, 6) is -2.10. The summed E-state index contributed by atoms with van der Waals surface area (Å²) in [6, 6.07) is 8.88. The minimum Gasteiger partial charge on any atom is -0.453 e. The zero-order valence-electron chi connectivity index (χ0n) is 26.3. The number of piperazine rings is 1. The first-order valence-electron chi connectivity index (χ1n) is 16.1. The van der Waals surface area contributed by atoms with Crippen LogP contribution in [0.1, 0.15) is 62.5 Å². The molecule has 13 heteroatoms. The van der Waals surface area contributed by atoms with Gasteiger partial charge in [0.15, 0.2) is 0 Å². The van der Waals surface area contributed by atoms with E-state index < -0.39 is 45.6 Å². The van der Waals surface area contributed by atoms with Crippen molar-refractivity contribution < 1.29 is 36.3 Å². The van der Waals surface area contributed by atoms with Crippen LogP contribution in [0.4, 0.5) is 19.3 Å². The highest BCUT2D eigenvalue weighted by Gasteiger charge is 2.40. The second-order valence-electron chi connectivity index (χ2n) is 12.5. The Morgan fingerprint density at radius 2 is 1.93 bits per heavy atom. The van der Waals surface area contributed by atoms with Gasteiger partial charge in [-0.05, 0) is 80.7 Å². The monoisotopic (exact) mass is 662 g/mol. The van der Waals surface area contributed by atoms with Gasteiger partial charge in [0.2, 0.25) is 15.9 Å². The maximum Gasteiger partial charge on any atom is 0.407 e. The summed E-state index contributed by atoms with van der Waals surface area (Å²) in [6.07, 6.45) is 3.10. The number of carbonyl (C=O) groups excluding carboxylic acids is 2. The first-order chi connectivity index (χ1) is 22.1. The van der Waals surface area contributed by atoms with Gasteiger partial charge in [-0.3, -0.25) is 4.79 Å². The second-order valence-corrected chi connectivity index (χ2v) is 14.5. The predicted octanol–water partition coefficient (Wildman–Crippen LogP) is 4.32. The van der Waals surface area contributed by atoms with Gasteiger partial charge in [0, 0.05) is 48.9 Å². The zero-order valence-corrected chi connectivity index (χ0v) is 27.2. The maximum absolute atomic E-state index is 15.4. The molecule has 0 aliphatic carbocycles. The molecule has 0 radical (unpaired) electrons. The minimum atomic E-state index is -3.42. The molecular weight excluding hydrogens is 618 g/mol. The van der Waals surface area contributed by atoms with Gasteiger partial charge in [0.25, 0.3) is 0 Å². The number of ether oxygens (including phenoxy) is 2. The van der Waals surface area contributed by atoms with Gasteiger partial charge in [-0.15, -0.1) is 0 Å². The highest BCUT2D eigenvalue weighted by atomic mass is 32.2. The Morgan fingerprint density at radius 1 is 1.15 bits per heavy atom. The van der Waals surface area contributed by atoms with Crippen LogP contribution in [0.5, 0.6) is 0 Å². The number of anilines is 1. The number of halogens is 2. The predicted molar refractivity (Wildman–Crippen MR) is 170 cm³/mol. The largest absolute Gasteiger partial charge is 0.453 e. The normalized spacial score (nSPS) is 27.1. The number of benzene rings is 2. The number of amides is 2. The molecule has 3 N–H and O–H groups in total. The van der Waals surface area contributed by atoms with Crippen molar-refractivity contribution >= 4 is 27.7 Å². The number of hydrogen-bond acceptors (Lipinski definition) is 7. The van der Waals surface area contributed by atoms with Crippen molar-refractivity contribution in [2.75, 3.05) is 37.9 Å². The third-order valence-electron chi connectivity index (χ3n) is 9.59. The summed E-state index contributed by atoms with van der Waals surface area (Å²) in [5.41, 5.74) is 1.15. The molecule has 0 aromatic heterocycles. The number of sulfonamides is 1. The lowest BCUT2D eigenvalue weighted by molar-refractivity contribution is -0.119. The van der Waals surface area contributed by atoms with E-state index in [1.807, 2.05) is 6.92 Å². The molecule has 0 saturated carbocycles.